The first-order valence-corrected chi connectivity index (χ1v) is 5.60. The van der Waals surface area contributed by atoms with Gasteiger partial charge in [0.05, 0.1) is 0 Å². The molecule has 0 aromatic heterocycles. The van der Waals surface area contributed by atoms with E-state index in [0.717, 1.165) is 6.92 Å². The van der Waals surface area contributed by atoms with E-state index in [1.165, 1.54) is 0 Å². The fourth-order valence-corrected chi connectivity index (χ4v) is 2.29. The molecule has 0 aliphatic rings. The monoisotopic (exact) mass is 283 g/mol. The van der Waals surface area contributed by atoms with Gasteiger partial charge in [-0.2, -0.15) is 16.8 Å². The minimum atomic E-state index is -5.25. The molecule has 85 valence electrons. The summed E-state index contributed by atoms with van der Waals surface area (Å²) < 4.78 is 54.2. The zero-order chi connectivity index (χ0) is 10.2. The van der Waals surface area contributed by atoms with Gasteiger partial charge in [-0.25, -0.2) is 0 Å². The van der Waals surface area contributed by atoms with E-state index < -0.39 is 30.9 Å². The Bertz CT molecular complexity index is 321. The molecule has 0 fully saturated rings. The molecule has 0 spiro atoms. The molecule has 13 heavy (non-hydrogen) atoms. The van der Waals surface area contributed by atoms with Crippen LogP contribution in [0.3, 0.4) is 0 Å². The van der Waals surface area contributed by atoms with Gasteiger partial charge in [0.2, 0.25) is 0 Å². The van der Waals surface area contributed by atoms with Gasteiger partial charge in [-0.1, -0.05) is 6.92 Å². The Morgan fingerprint density at radius 2 is 1.31 bits per heavy atom. The summed E-state index contributed by atoms with van der Waals surface area (Å²) in [5, 5.41) is 8.82. The molecular weight excluding hydrogens is 276 g/mol. The van der Waals surface area contributed by atoms with Gasteiger partial charge in [-0.3, -0.25) is 9.11 Å². The second-order valence-corrected chi connectivity index (χ2v) is 5.53. The van der Waals surface area contributed by atoms with Crippen molar-refractivity contribution in [3.63, 3.8) is 0 Å². The molecule has 3 N–H and O–H groups in total. The third-order valence-corrected chi connectivity index (χ3v) is 4.71. The molecule has 7 nitrogen and oxygen atoms in total. The van der Waals surface area contributed by atoms with Crippen LogP contribution in [0.4, 0.5) is 0 Å². The van der Waals surface area contributed by atoms with Crippen molar-refractivity contribution in [2.75, 3.05) is 0 Å². The van der Waals surface area contributed by atoms with E-state index in [1.807, 2.05) is 0 Å². The second-order valence-electron chi connectivity index (χ2n) is 2.02. The van der Waals surface area contributed by atoms with Crippen LogP contribution in [-0.4, -0.2) is 35.3 Å². The van der Waals surface area contributed by atoms with Crippen LogP contribution >= 0.6 is 0 Å². The third-order valence-electron chi connectivity index (χ3n) is 1.25. The van der Waals surface area contributed by atoms with E-state index in [4.69, 9.17) is 14.2 Å². The van der Waals surface area contributed by atoms with Crippen LogP contribution < -0.4 is 0 Å². The number of hydrogen-bond donors (Lipinski definition) is 3. The van der Waals surface area contributed by atoms with E-state index in [-0.39, 0.29) is 17.1 Å². The van der Waals surface area contributed by atoms with Crippen LogP contribution in [0.1, 0.15) is 13.3 Å². The van der Waals surface area contributed by atoms with E-state index >= 15 is 0 Å². The molecule has 0 aliphatic heterocycles. The van der Waals surface area contributed by atoms with Crippen LogP contribution in [-0.2, 0) is 37.3 Å². The van der Waals surface area contributed by atoms with Gasteiger partial charge in [0.15, 0.2) is 0 Å². The number of rotatable bonds is 3. The third kappa shape index (κ3) is 2.88. The van der Waals surface area contributed by atoms with Crippen molar-refractivity contribution in [3.05, 3.63) is 0 Å². The number of aliphatic hydroxyl groups is 1. The Morgan fingerprint density at radius 1 is 1.08 bits per heavy atom. The average Bonchev–Trinajstić information content (AvgIpc) is 1.81. The maximum atomic E-state index is 10.3. The van der Waals surface area contributed by atoms with Crippen molar-refractivity contribution < 1.29 is 48.1 Å². The van der Waals surface area contributed by atoms with E-state index in [1.54, 1.807) is 0 Å². The van der Waals surface area contributed by atoms with Crippen LogP contribution in [0.25, 0.3) is 0 Å². The van der Waals surface area contributed by atoms with Crippen LogP contribution in [0, 0.1) is 0 Å². The molecule has 0 saturated carbocycles. The Morgan fingerprint density at radius 3 is 1.31 bits per heavy atom. The summed E-state index contributed by atoms with van der Waals surface area (Å²) >= 11 is 0. The zero-order valence-electron chi connectivity index (χ0n) is 6.30. The minimum absolute atomic E-state index is 0. The van der Waals surface area contributed by atoms with Crippen LogP contribution in [0.15, 0.2) is 0 Å². The smallest absolute Gasteiger partial charge is 0.318 e. The second kappa shape index (κ2) is 4.22. The standard InChI is InChI=1S/C3H8O7S2.Cu/c1-2-3(4,11(5,6)7)12(8,9)10;/h4H,2H2,1H3,(H,5,6,7)(H,8,9,10);. The molecule has 1 radical (unpaired) electrons. The molecule has 10 heteroatoms. The molecular formula is C3H8CuO7S2. The Balaban J connectivity index is 0. The predicted octanol–water partition coefficient (Wildman–Crippen LogP) is -1.18. The van der Waals surface area contributed by atoms with E-state index in [0.29, 0.717) is 0 Å². The molecule has 0 heterocycles. The molecule has 0 atom stereocenters. The molecule has 0 amide bonds. The summed E-state index contributed by atoms with van der Waals surface area (Å²) in [7, 11) is -10.5. The Labute approximate surface area is 86.1 Å². The van der Waals surface area contributed by atoms with Crippen molar-refractivity contribution in [3.8, 4) is 0 Å². The summed E-state index contributed by atoms with van der Waals surface area (Å²) in [4.78, 5) is 0. The van der Waals surface area contributed by atoms with Crippen LogP contribution in [0.5, 0.6) is 0 Å². The van der Waals surface area contributed by atoms with Crippen LogP contribution in [0.2, 0.25) is 0 Å². The summed E-state index contributed by atoms with van der Waals surface area (Å²) in [6, 6.07) is 0. The first-order valence-electron chi connectivity index (χ1n) is 2.72. The Kier molecular flexibility index (Phi) is 5.11. The van der Waals surface area contributed by atoms with Gasteiger partial charge in [-0.05, 0) is 0 Å². The molecule has 0 bridgehead atoms. The van der Waals surface area contributed by atoms with Gasteiger partial charge in [0.25, 0.3) is 0 Å². The van der Waals surface area contributed by atoms with Gasteiger partial charge in [0, 0.05) is 23.5 Å². The number of hydrogen-bond acceptors (Lipinski definition) is 5. The van der Waals surface area contributed by atoms with Gasteiger partial charge in [0.1, 0.15) is 0 Å². The quantitative estimate of drug-likeness (QED) is 0.439. The summed E-state index contributed by atoms with van der Waals surface area (Å²) in [6.07, 6.45) is -0.870. The normalized spacial score (nSPS) is 13.5. The van der Waals surface area contributed by atoms with Crippen molar-refractivity contribution in [2.45, 2.75) is 17.6 Å². The van der Waals surface area contributed by atoms with Gasteiger partial charge in [-0.15, -0.1) is 0 Å². The largest absolute Gasteiger partial charge is 0.359 e. The molecule has 0 aliphatic carbocycles. The average molecular weight is 284 g/mol. The molecule has 0 unspecified atom stereocenters. The predicted molar refractivity (Wildman–Crippen MR) is 38.3 cm³/mol. The zero-order valence-corrected chi connectivity index (χ0v) is 8.87. The Hall–Kier alpha value is 0.299. The SMILES string of the molecule is CCC(O)(S(=O)(=O)O)S(=O)(=O)O.[Cu]. The first kappa shape index (κ1) is 15.8. The van der Waals surface area contributed by atoms with E-state index in [9.17, 15) is 16.8 Å². The van der Waals surface area contributed by atoms with Gasteiger partial charge >= 0.3 is 24.5 Å². The summed E-state index contributed by atoms with van der Waals surface area (Å²) in [5.41, 5.74) is 0. The van der Waals surface area contributed by atoms with E-state index in [2.05, 4.69) is 0 Å². The molecule has 0 rings (SSSR count). The molecule has 0 aromatic rings. The fourth-order valence-electron chi connectivity index (χ4n) is 0.498. The maximum absolute atomic E-state index is 10.3. The summed E-state index contributed by atoms with van der Waals surface area (Å²) in [6.45, 7) is 0.974. The molecule has 0 saturated heterocycles. The maximum Gasteiger partial charge on any atom is 0.318 e. The minimum Gasteiger partial charge on any atom is -0.359 e. The fraction of sp³-hybridized carbons (Fsp3) is 1.00. The topological polar surface area (TPSA) is 129 Å². The van der Waals surface area contributed by atoms with Crippen molar-refractivity contribution in [2.24, 2.45) is 0 Å². The molecule has 0 aromatic carbocycles. The van der Waals surface area contributed by atoms with Crippen molar-refractivity contribution >= 4 is 20.2 Å². The van der Waals surface area contributed by atoms with Gasteiger partial charge < -0.3 is 5.11 Å². The first-order chi connectivity index (χ1) is 5.06. The van der Waals surface area contributed by atoms with Crippen molar-refractivity contribution in [1.82, 2.24) is 0 Å². The summed E-state index contributed by atoms with van der Waals surface area (Å²) in [5.74, 6) is 0. The van der Waals surface area contributed by atoms with Crippen molar-refractivity contribution in [1.29, 1.82) is 0 Å².